The minimum absolute atomic E-state index is 0.0926. The minimum Gasteiger partial charge on any atom is -0.468 e. The van der Waals surface area contributed by atoms with Crippen molar-refractivity contribution in [2.45, 2.75) is 50.2 Å². The smallest absolute Gasteiger partial charge is 0.325 e. The molecule has 2 atom stereocenters. The third-order valence-electron chi connectivity index (χ3n) is 4.76. The van der Waals surface area contributed by atoms with Crippen molar-refractivity contribution in [3.63, 3.8) is 0 Å². The highest BCUT2D eigenvalue weighted by Crippen LogP contribution is 2.24. The Kier molecular flexibility index (Phi) is 7.03. The summed E-state index contributed by atoms with van der Waals surface area (Å²) in [5, 5.41) is 12.1. The van der Waals surface area contributed by atoms with Gasteiger partial charge in [-0.2, -0.15) is 5.26 Å². The molecule has 0 aliphatic heterocycles. The second kappa shape index (κ2) is 9.09. The summed E-state index contributed by atoms with van der Waals surface area (Å²) in [6.07, 6.45) is 0. The number of carbonyl (C=O) groups excluding carboxylic acids is 2. The Morgan fingerprint density at radius 2 is 2.00 bits per heavy atom. The van der Waals surface area contributed by atoms with Crippen LogP contribution in [0.2, 0.25) is 0 Å². The highest BCUT2D eigenvalue weighted by molar-refractivity contribution is 8.00. The van der Waals surface area contributed by atoms with Crippen molar-refractivity contribution in [1.29, 1.82) is 5.26 Å². The predicted molar refractivity (Wildman–Crippen MR) is 110 cm³/mol. The molecule has 0 bridgehead atoms. The minimum atomic E-state index is -1.02. The number of aromatic nitrogens is 2. The monoisotopic (exact) mass is 416 g/mol. The maximum absolute atomic E-state index is 12.9. The van der Waals surface area contributed by atoms with E-state index in [1.165, 1.54) is 11.7 Å². The van der Waals surface area contributed by atoms with Crippen LogP contribution in [0, 0.1) is 17.2 Å². The van der Waals surface area contributed by atoms with Gasteiger partial charge in [-0.1, -0.05) is 37.7 Å². The van der Waals surface area contributed by atoms with E-state index in [2.05, 4.69) is 21.1 Å². The number of ether oxygens (including phenoxy) is 1. The van der Waals surface area contributed by atoms with E-state index >= 15 is 0 Å². The van der Waals surface area contributed by atoms with Gasteiger partial charge in [0.2, 0.25) is 5.91 Å². The van der Waals surface area contributed by atoms with Crippen LogP contribution >= 0.6 is 11.8 Å². The Balaban J connectivity index is 2.40. The van der Waals surface area contributed by atoms with E-state index < -0.39 is 16.8 Å². The lowest BCUT2D eigenvalue weighted by Crippen LogP contribution is -2.51. The third-order valence-corrected chi connectivity index (χ3v) is 5.85. The van der Waals surface area contributed by atoms with Gasteiger partial charge in [0.05, 0.1) is 29.3 Å². The van der Waals surface area contributed by atoms with Crippen molar-refractivity contribution < 1.29 is 14.3 Å². The van der Waals surface area contributed by atoms with Gasteiger partial charge < -0.3 is 10.1 Å². The largest absolute Gasteiger partial charge is 0.468 e. The lowest BCUT2D eigenvalue weighted by atomic mass is 9.90. The van der Waals surface area contributed by atoms with Gasteiger partial charge in [0.25, 0.3) is 5.56 Å². The van der Waals surface area contributed by atoms with Gasteiger partial charge in [-0.3, -0.25) is 19.0 Å². The van der Waals surface area contributed by atoms with Gasteiger partial charge in [-0.05, 0) is 31.9 Å². The number of methoxy groups -OCH3 is 1. The molecule has 0 saturated heterocycles. The molecule has 0 radical (unpaired) electrons. The molecule has 1 amide bonds. The number of nitriles is 1. The highest BCUT2D eigenvalue weighted by Gasteiger charge is 2.32. The van der Waals surface area contributed by atoms with Crippen LogP contribution < -0.4 is 10.9 Å². The Morgan fingerprint density at radius 3 is 2.59 bits per heavy atom. The summed E-state index contributed by atoms with van der Waals surface area (Å²) in [7, 11) is 1.24. The van der Waals surface area contributed by atoms with Crippen molar-refractivity contribution >= 4 is 34.5 Å². The van der Waals surface area contributed by atoms with E-state index in [-0.39, 0.29) is 29.1 Å². The lowest BCUT2D eigenvalue weighted by molar-refractivity contribution is -0.141. The number of para-hydroxylation sites is 1. The number of hydrogen-bond donors (Lipinski definition) is 1. The summed E-state index contributed by atoms with van der Waals surface area (Å²) in [4.78, 5) is 41.8. The second-order valence-corrected chi connectivity index (χ2v) is 8.41. The Morgan fingerprint density at radius 1 is 1.34 bits per heavy atom. The topological polar surface area (TPSA) is 114 Å². The summed E-state index contributed by atoms with van der Waals surface area (Å²) >= 11 is 1.05. The number of rotatable bonds is 7. The number of carbonyl (C=O) groups is 2. The molecule has 1 aromatic carbocycles. The zero-order chi connectivity index (χ0) is 21.8. The number of benzene rings is 1. The molecule has 154 valence electrons. The Labute approximate surface area is 173 Å². The van der Waals surface area contributed by atoms with E-state index in [1.54, 1.807) is 38.1 Å². The zero-order valence-electron chi connectivity index (χ0n) is 17.1. The Hall–Kier alpha value is -2.86. The van der Waals surface area contributed by atoms with Crippen molar-refractivity contribution in [1.82, 2.24) is 14.9 Å². The average Bonchev–Trinajstić information content (AvgIpc) is 2.70. The standard InChI is InChI=1S/C20H24N4O4S/c1-12(2)20(4,11-21)23-17(26)13(3)29-19-22-15-9-7-6-8-14(15)18(27)24(19)10-16(25)28-5/h6-9,12-13H,10H2,1-5H3,(H,23,26)/t13-,20+/m1/s1. The molecule has 9 heteroatoms. The fraction of sp³-hybridized carbons (Fsp3) is 0.450. The summed E-state index contributed by atoms with van der Waals surface area (Å²) in [6, 6.07) is 8.92. The van der Waals surface area contributed by atoms with Crippen LogP contribution in [0.15, 0.2) is 34.2 Å². The maximum Gasteiger partial charge on any atom is 0.325 e. The van der Waals surface area contributed by atoms with Crippen molar-refractivity contribution in [3.05, 3.63) is 34.6 Å². The van der Waals surface area contributed by atoms with Crippen molar-refractivity contribution in [2.24, 2.45) is 5.92 Å². The number of amides is 1. The molecule has 2 aromatic rings. The molecule has 29 heavy (non-hydrogen) atoms. The van der Waals surface area contributed by atoms with Crippen molar-refractivity contribution in [2.75, 3.05) is 7.11 Å². The van der Waals surface area contributed by atoms with E-state index in [9.17, 15) is 19.6 Å². The normalized spacial score (nSPS) is 14.1. The van der Waals surface area contributed by atoms with Gasteiger partial charge in [0.15, 0.2) is 5.16 Å². The SMILES string of the molecule is COC(=O)Cn1c(S[C@H](C)C(=O)N[C@@](C)(C#N)C(C)C)nc2ccccc2c1=O. The number of hydrogen-bond acceptors (Lipinski definition) is 7. The number of nitrogens with zero attached hydrogens (tertiary/aromatic N) is 3. The van der Waals surface area contributed by atoms with Crippen LogP contribution in [-0.4, -0.2) is 39.3 Å². The van der Waals surface area contributed by atoms with Crippen molar-refractivity contribution in [3.8, 4) is 6.07 Å². The molecule has 8 nitrogen and oxygen atoms in total. The fourth-order valence-electron chi connectivity index (χ4n) is 2.44. The molecule has 1 heterocycles. The van der Waals surface area contributed by atoms with Crippen LogP contribution in [0.1, 0.15) is 27.7 Å². The average molecular weight is 417 g/mol. The van der Waals surface area contributed by atoms with E-state index in [4.69, 9.17) is 0 Å². The summed E-state index contributed by atoms with van der Waals surface area (Å²) in [6.45, 7) is 6.70. The van der Waals surface area contributed by atoms with Gasteiger partial charge in [0.1, 0.15) is 12.1 Å². The van der Waals surface area contributed by atoms with E-state index in [0.717, 1.165) is 11.8 Å². The lowest BCUT2D eigenvalue weighted by Gasteiger charge is -2.28. The molecule has 1 N–H and O–H groups in total. The first-order valence-corrected chi connectivity index (χ1v) is 9.97. The molecule has 0 fully saturated rings. The Bertz CT molecular complexity index is 1030. The third kappa shape index (κ3) is 4.95. The van der Waals surface area contributed by atoms with Crippen LogP contribution in [0.3, 0.4) is 0 Å². The van der Waals surface area contributed by atoms with Crippen LogP contribution in [0.5, 0.6) is 0 Å². The summed E-state index contributed by atoms with van der Waals surface area (Å²) in [5.74, 6) is -1.05. The first kappa shape index (κ1) is 22.4. The highest BCUT2D eigenvalue weighted by atomic mass is 32.2. The van der Waals surface area contributed by atoms with Crippen LogP contribution in [0.25, 0.3) is 10.9 Å². The van der Waals surface area contributed by atoms with Gasteiger partial charge in [-0.25, -0.2) is 4.98 Å². The maximum atomic E-state index is 12.9. The molecule has 0 aliphatic carbocycles. The number of nitrogens with one attached hydrogen (secondary N) is 1. The zero-order valence-corrected chi connectivity index (χ0v) is 17.9. The predicted octanol–water partition coefficient (Wildman–Crippen LogP) is 2.10. The number of esters is 1. The molecule has 0 aliphatic rings. The van der Waals surface area contributed by atoms with E-state index in [0.29, 0.717) is 10.9 Å². The molecule has 0 spiro atoms. The number of fused-ring (bicyclic) bond motifs is 1. The number of thioether (sulfide) groups is 1. The van der Waals surface area contributed by atoms with Gasteiger partial charge in [0, 0.05) is 0 Å². The molecular formula is C20H24N4O4S. The van der Waals surface area contributed by atoms with E-state index in [1.807, 2.05) is 13.8 Å². The van der Waals surface area contributed by atoms with Crippen LogP contribution in [0.4, 0.5) is 0 Å². The second-order valence-electron chi connectivity index (χ2n) is 7.10. The first-order chi connectivity index (χ1) is 13.6. The van der Waals surface area contributed by atoms with Crippen LogP contribution in [-0.2, 0) is 20.9 Å². The molecule has 0 unspecified atom stereocenters. The molecule has 0 saturated carbocycles. The molecule has 2 rings (SSSR count). The summed E-state index contributed by atoms with van der Waals surface area (Å²) in [5.41, 5.74) is -0.938. The molecular weight excluding hydrogens is 392 g/mol. The summed E-state index contributed by atoms with van der Waals surface area (Å²) < 4.78 is 5.89. The quantitative estimate of drug-likeness (QED) is 0.418. The fourth-order valence-corrected chi connectivity index (χ4v) is 3.35. The van der Waals surface area contributed by atoms with Gasteiger partial charge >= 0.3 is 5.97 Å². The molecule has 1 aromatic heterocycles. The first-order valence-electron chi connectivity index (χ1n) is 9.09. The van der Waals surface area contributed by atoms with Gasteiger partial charge in [-0.15, -0.1) is 0 Å².